The van der Waals surface area contributed by atoms with E-state index in [0.717, 1.165) is 0 Å². The molecule has 4 N–H and O–H groups in total. The van der Waals surface area contributed by atoms with Gasteiger partial charge < -0.3 is 20.0 Å². The van der Waals surface area contributed by atoms with Crippen LogP contribution in [0.15, 0.2) is 0 Å². The molecule has 0 aliphatic carbocycles. The zero-order valence-electron chi connectivity index (χ0n) is 8.03. The van der Waals surface area contributed by atoms with E-state index in [1.54, 1.807) is 0 Å². The second-order valence-electron chi connectivity index (χ2n) is 3.38. The largest absolute Gasteiger partial charge is 0.481 e. The van der Waals surface area contributed by atoms with Crippen LogP contribution in [-0.2, 0) is 14.2 Å². The number of carboxylic acids is 2. The summed E-state index contributed by atoms with van der Waals surface area (Å²) in [4.78, 5) is 38.2. The lowest BCUT2D eigenvalue weighted by atomic mass is 10.0. The van der Waals surface area contributed by atoms with Crippen LogP contribution in [-0.4, -0.2) is 37.6 Å². The van der Waals surface area contributed by atoms with Crippen LogP contribution in [0.3, 0.4) is 0 Å². The molecule has 15 heavy (non-hydrogen) atoms. The molecule has 0 spiro atoms. The Morgan fingerprint density at radius 2 is 1.73 bits per heavy atom. The zero-order chi connectivity index (χ0) is 12.2. The number of aliphatic carboxylic acids is 2. The summed E-state index contributed by atoms with van der Waals surface area (Å²) in [6.07, 6.45) is -0.671. The normalized spacial score (nSPS) is 15.7. The quantitative estimate of drug-likeness (QED) is 0.484. The zero-order valence-corrected chi connectivity index (χ0v) is 8.92. The second-order valence-corrected chi connectivity index (χ2v) is 5.18. The van der Waals surface area contributed by atoms with Gasteiger partial charge in [-0.2, -0.15) is 0 Å². The van der Waals surface area contributed by atoms with Gasteiger partial charge in [-0.25, -0.2) is 0 Å². The number of carbonyl (C=O) groups is 2. The van der Waals surface area contributed by atoms with Crippen molar-refractivity contribution in [2.24, 2.45) is 5.92 Å². The van der Waals surface area contributed by atoms with E-state index in [0.29, 0.717) is 0 Å². The van der Waals surface area contributed by atoms with Crippen molar-refractivity contribution < 1.29 is 34.2 Å². The molecule has 0 aromatic rings. The van der Waals surface area contributed by atoms with Gasteiger partial charge in [0, 0.05) is 6.42 Å². The maximum atomic E-state index is 10.8. The van der Waals surface area contributed by atoms with Crippen LogP contribution < -0.4 is 0 Å². The molecule has 7 nitrogen and oxygen atoms in total. The highest BCUT2D eigenvalue weighted by molar-refractivity contribution is 7.53. The second kappa shape index (κ2) is 5.25. The van der Waals surface area contributed by atoms with Crippen molar-refractivity contribution in [2.45, 2.75) is 25.4 Å². The summed E-state index contributed by atoms with van der Waals surface area (Å²) < 4.78 is 10.8. The molecular formula is C7H13O7P. The smallest absolute Gasteiger partial charge is 0.339 e. The first-order valence-electron chi connectivity index (χ1n) is 4.14. The van der Waals surface area contributed by atoms with E-state index in [2.05, 4.69) is 0 Å². The fourth-order valence-electron chi connectivity index (χ4n) is 1.14. The fraction of sp³-hybridized carbons (Fsp3) is 0.714. The molecule has 0 saturated carbocycles. The van der Waals surface area contributed by atoms with Gasteiger partial charge in [-0.1, -0.05) is 6.92 Å². The lowest BCUT2D eigenvalue weighted by Crippen LogP contribution is -2.23. The van der Waals surface area contributed by atoms with E-state index in [1.165, 1.54) is 6.92 Å². The molecule has 0 fully saturated rings. The summed E-state index contributed by atoms with van der Waals surface area (Å²) in [5.74, 6) is -3.34. The van der Waals surface area contributed by atoms with Crippen molar-refractivity contribution in [3.63, 3.8) is 0 Å². The van der Waals surface area contributed by atoms with E-state index in [1.807, 2.05) is 0 Å². The predicted octanol–water partition coefficient (Wildman–Crippen LogP) is 0.118. The molecule has 88 valence electrons. The van der Waals surface area contributed by atoms with Gasteiger partial charge in [0.05, 0.1) is 0 Å². The average molecular weight is 240 g/mol. The molecule has 0 radical (unpaired) electrons. The first-order valence-corrected chi connectivity index (χ1v) is 5.82. The number of hydrogen-bond donors (Lipinski definition) is 4. The summed E-state index contributed by atoms with van der Waals surface area (Å²) in [5.41, 5.74) is -1.83. The van der Waals surface area contributed by atoms with Crippen LogP contribution in [0.4, 0.5) is 0 Å². The molecule has 8 heteroatoms. The molecule has 2 atom stereocenters. The van der Waals surface area contributed by atoms with Gasteiger partial charge in [0.25, 0.3) is 0 Å². The molecule has 0 rings (SSSR count). The Bertz CT molecular complexity index is 294. The summed E-state index contributed by atoms with van der Waals surface area (Å²) in [6.45, 7) is 1.43. The molecule has 0 aliphatic heterocycles. The van der Waals surface area contributed by atoms with Gasteiger partial charge >= 0.3 is 19.5 Å². The van der Waals surface area contributed by atoms with Crippen molar-refractivity contribution >= 4 is 19.5 Å². The first-order chi connectivity index (χ1) is 6.64. The Balaban J connectivity index is 4.50. The molecule has 0 aromatic carbocycles. The Hall–Kier alpha value is -0.910. The standard InChI is InChI=1S/C7H13O7P/c1-4(3-6(8)9)2-5(7(10)11)15(12,13)14/h4-5H,2-3H2,1H3,(H,8,9)(H,10,11)(H2,12,13,14). The molecule has 0 bridgehead atoms. The topological polar surface area (TPSA) is 132 Å². The van der Waals surface area contributed by atoms with E-state index in [9.17, 15) is 14.2 Å². The summed E-state index contributed by atoms with van der Waals surface area (Å²) in [6, 6.07) is 0. The Kier molecular flexibility index (Phi) is 4.93. The van der Waals surface area contributed by atoms with E-state index >= 15 is 0 Å². The summed E-state index contributed by atoms with van der Waals surface area (Å²) in [7, 11) is -4.72. The van der Waals surface area contributed by atoms with Crippen molar-refractivity contribution in [1.82, 2.24) is 0 Å². The maximum absolute atomic E-state index is 10.8. The number of carboxylic acid groups (broad SMARTS) is 2. The van der Waals surface area contributed by atoms with E-state index in [4.69, 9.17) is 20.0 Å². The maximum Gasteiger partial charge on any atom is 0.339 e. The number of hydrogen-bond acceptors (Lipinski definition) is 3. The van der Waals surface area contributed by atoms with Crippen LogP contribution in [0.2, 0.25) is 0 Å². The molecule has 0 heterocycles. The molecule has 0 aliphatic rings. The fourth-order valence-corrected chi connectivity index (χ4v) is 2.07. The highest BCUT2D eigenvalue weighted by Crippen LogP contribution is 2.44. The third kappa shape index (κ3) is 5.51. The third-order valence-corrected chi connectivity index (χ3v) is 3.08. The highest BCUT2D eigenvalue weighted by atomic mass is 31.2. The number of rotatable bonds is 6. The van der Waals surface area contributed by atoms with E-state index < -0.39 is 31.1 Å². The van der Waals surface area contributed by atoms with Gasteiger partial charge in [0.1, 0.15) is 0 Å². The van der Waals surface area contributed by atoms with Gasteiger partial charge in [-0.3, -0.25) is 14.2 Å². The highest BCUT2D eigenvalue weighted by Gasteiger charge is 2.36. The third-order valence-electron chi connectivity index (χ3n) is 1.84. The van der Waals surface area contributed by atoms with Crippen LogP contribution in [0, 0.1) is 5.92 Å². The van der Waals surface area contributed by atoms with Gasteiger partial charge in [-0.15, -0.1) is 0 Å². The Morgan fingerprint density at radius 1 is 1.27 bits per heavy atom. The Morgan fingerprint density at radius 3 is 2.00 bits per heavy atom. The van der Waals surface area contributed by atoms with Crippen molar-refractivity contribution in [1.29, 1.82) is 0 Å². The van der Waals surface area contributed by atoms with Gasteiger partial charge in [-0.05, 0) is 12.3 Å². The predicted molar refractivity (Wildman–Crippen MR) is 49.5 cm³/mol. The minimum Gasteiger partial charge on any atom is -0.481 e. The van der Waals surface area contributed by atoms with Gasteiger partial charge in [0.2, 0.25) is 0 Å². The molecule has 2 unspecified atom stereocenters. The molecule has 0 aromatic heterocycles. The lowest BCUT2D eigenvalue weighted by Gasteiger charge is -2.17. The van der Waals surface area contributed by atoms with Gasteiger partial charge in [0.15, 0.2) is 5.66 Å². The minimum atomic E-state index is -4.72. The summed E-state index contributed by atoms with van der Waals surface area (Å²) in [5, 5.41) is 16.9. The average Bonchev–Trinajstić information content (AvgIpc) is 1.95. The molecule has 0 amide bonds. The first kappa shape index (κ1) is 14.1. The van der Waals surface area contributed by atoms with Crippen molar-refractivity contribution in [3.8, 4) is 0 Å². The van der Waals surface area contributed by atoms with Crippen LogP contribution in [0.25, 0.3) is 0 Å². The SMILES string of the molecule is CC(CC(=O)O)CC(C(=O)O)P(=O)(O)O. The van der Waals surface area contributed by atoms with Crippen LogP contribution >= 0.6 is 7.60 Å². The van der Waals surface area contributed by atoms with Crippen LogP contribution in [0.1, 0.15) is 19.8 Å². The molecule has 0 saturated heterocycles. The van der Waals surface area contributed by atoms with E-state index in [-0.39, 0.29) is 12.8 Å². The van der Waals surface area contributed by atoms with Crippen LogP contribution in [0.5, 0.6) is 0 Å². The van der Waals surface area contributed by atoms with Crippen molar-refractivity contribution in [3.05, 3.63) is 0 Å². The Labute approximate surface area is 85.9 Å². The molecular weight excluding hydrogens is 227 g/mol. The summed E-state index contributed by atoms with van der Waals surface area (Å²) >= 11 is 0. The minimum absolute atomic E-state index is 0.316. The monoisotopic (exact) mass is 240 g/mol. The van der Waals surface area contributed by atoms with Crippen molar-refractivity contribution in [2.75, 3.05) is 0 Å². The lowest BCUT2D eigenvalue weighted by molar-refractivity contribution is -0.140.